The fourth-order valence-corrected chi connectivity index (χ4v) is 2.90. The molecule has 0 unspecified atom stereocenters. The number of carbonyl (C=O) groups is 2. The van der Waals surface area contributed by atoms with Gasteiger partial charge in [-0.2, -0.15) is 0 Å². The normalized spacial score (nSPS) is 21.7. The Morgan fingerprint density at radius 2 is 1.84 bits per heavy atom. The summed E-state index contributed by atoms with van der Waals surface area (Å²) in [5, 5.41) is 0. The summed E-state index contributed by atoms with van der Waals surface area (Å²) in [6.07, 6.45) is 5.66. The molecule has 1 atom stereocenters. The molecule has 0 fully saturated rings. The van der Waals surface area contributed by atoms with Crippen LogP contribution in [0, 0.1) is 5.92 Å². The van der Waals surface area contributed by atoms with Gasteiger partial charge in [0.05, 0.1) is 5.92 Å². The van der Waals surface area contributed by atoms with Gasteiger partial charge in [0.25, 0.3) is 0 Å². The first-order valence-corrected chi connectivity index (χ1v) is 6.53. The van der Waals surface area contributed by atoms with Crippen LogP contribution in [0.5, 0.6) is 0 Å². The SMILES string of the molecule is NC(=O)[C@H]1CN(C(=O)C2CC=CC2)c2ccccc21. The molecule has 1 aliphatic carbocycles. The lowest BCUT2D eigenvalue weighted by molar-refractivity contribution is -0.122. The van der Waals surface area contributed by atoms with E-state index in [1.54, 1.807) is 4.90 Å². The number of anilines is 1. The monoisotopic (exact) mass is 256 g/mol. The van der Waals surface area contributed by atoms with Gasteiger partial charge in [0.1, 0.15) is 0 Å². The lowest BCUT2D eigenvalue weighted by atomic mass is 10.0. The van der Waals surface area contributed by atoms with Crippen molar-refractivity contribution in [2.45, 2.75) is 18.8 Å². The lowest BCUT2D eigenvalue weighted by Gasteiger charge is -2.21. The summed E-state index contributed by atoms with van der Waals surface area (Å²) < 4.78 is 0. The first-order valence-electron chi connectivity index (χ1n) is 6.53. The van der Waals surface area contributed by atoms with E-state index in [0.29, 0.717) is 6.54 Å². The fourth-order valence-electron chi connectivity index (χ4n) is 2.90. The predicted octanol–water partition coefficient (Wildman–Crippen LogP) is 1.57. The molecule has 3 rings (SSSR count). The lowest BCUT2D eigenvalue weighted by Crippen LogP contribution is -2.36. The molecule has 1 heterocycles. The molecule has 19 heavy (non-hydrogen) atoms. The minimum absolute atomic E-state index is 0.0136. The van der Waals surface area contributed by atoms with Gasteiger partial charge in [0.2, 0.25) is 11.8 Å². The molecule has 0 bridgehead atoms. The molecule has 98 valence electrons. The zero-order valence-electron chi connectivity index (χ0n) is 10.6. The molecule has 0 saturated heterocycles. The van der Waals surface area contributed by atoms with Gasteiger partial charge in [0.15, 0.2) is 0 Å². The van der Waals surface area contributed by atoms with E-state index in [-0.39, 0.29) is 23.7 Å². The average Bonchev–Trinajstić information content (AvgIpc) is 3.05. The Balaban J connectivity index is 1.92. The highest BCUT2D eigenvalue weighted by atomic mass is 16.2. The van der Waals surface area contributed by atoms with Gasteiger partial charge in [0, 0.05) is 18.2 Å². The number of allylic oxidation sites excluding steroid dienone is 2. The highest BCUT2D eigenvalue weighted by molar-refractivity contribution is 6.01. The Bertz CT molecular complexity index is 557. The maximum absolute atomic E-state index is 12.5. The highest BCUT2D eigenvalue weighted by Gasteiger charge is 2.37. The number of carbonyl (C=O) groups excluding carboxylic acids is 2. The van der Waals surface area contributed by atoms with Crippen LogP contribution in [0.1, 0.15) is 24.3 Å². The van der Waals surface area contributed by atoms with Gasteiger partial charge >= 0.3 is 0 Å². The average molecular weight is 256 g/mol. The number of nitrogens with two attached hydrogens (primary N) is 1. The van der Waals surface area contributed by atoms with Crippen molar-refractivity contribution in [3.8, 4) is 0 Å². The van der Waals surface area contributed by atoms with E-state index in [2.05, 4.69) is 0 Å². The number of amides is 2. The number of hydrogen-bond acceptors (Lipinski definition) is 2. The third kappa shape index (κ3) is 1.93. The molecule has 0 aromatic heterocycles. The Hall–Kier alpha value is -2.10. The van der Waals surface area contributed by atoms with Crippen molar-refractivity contribution in [3.63, 3.8) is 0 Å². The number of nitrogens with zero attached hydrogens (tertiary/aromatic N) is 1. The van der Waals surface area contributed by atoms with Crippen molar-refractivity contribution in [1.82, 2.24) is 0 Å². The molecule has 0 saturated carbocycles. The molecular formula is C15H16N2O2. The van der Waals surface area contributed by atoms with Crippen LogP contribution in [-0.4, -0.2) is 18.4 Å². The summed E-state index contributed by atoms with van der Waals surface area (Å²) in [5.41, 5.74) is 7.15. The third-order valence-corrected chi connectivity index (χ3v) is 3.93. The molecule has 2 aliphatic rings. The number of benzene rings is 1. The quantitative estimate of drug-likeness (QED) is 0.816. The van der Waals surface area contributed by atoms with Crippen molar-refractivity contribution in [2.24, 2.45) is 11.7 Å². The van der Waals surface area contributed by atoms with Gasteiger partial charge < -0.3 is 10.6 Å². The van der Waals surface area contributed by atoms with Gasteiger partial charge in [-0.25, -0.2) is 0 Å². The minimum Gasteiger partial charge on any atom is -0.369 e. The van der Waals surface area contributed by atoms with Crippen molar-refractivity contribution in [1.29, 1.82) is 0 Å². The molecule has 1 aromatic carbocycles. The van der Waals surface area contributed by atoms with E-state index in [9.17, 15) is 9.59 Å². The largest absolute Gasteiger partial charge is 0.369 e. The number of primary amides is 1. The highest BCUT2D eigenvalue weighted by Crippen LogP contribution is 2.37. The van der Waals surface area contributed by atoms with Crippen molar-refractivity contribution in [2.75, 3.05) is 11.4 Å². The number of rotatable bonds is 2. The first kappa shape index (κ1) is 12.0. The zero-order valence-corrected chi connectivity index (χ0v) is 10.6. The molecule has 1 aromatic rings. The van der Waals surface area contributed by atoms with Crippen LogP contribution in [0.25, 0.3) is 0 Å². The fraction of sp³-hybridized carbons (Fsp3) is 0.333. The second kappa shape index (κ2) is 4.53. The van der Waals surface area contributed by atoms with Crippen LogP contribution in [0.4, 0.5) is 5.69 Å². The second-order valence-corrected chi connectivity index (χ2v) is 5.10. The molecule has 4 nitrogen and oxygen atoms in total. The van der Waals surface area contributed by atoms with Crippen LogP contribution in [0.3, 0.4) is 0 Å². The number of hydrogen-bond donors (Lipinski definition) is 1. The van der Waals surface area contributed by atoms with E-state index in [0.717, 1.165) is 24.1 Å². The topological polar surface area (TPSA) is 63.4 Å². The van der Waals surface area contributed by atoms with E-state index < -0.39 is 0 Å². The molecule has 2 N–H and O–H groups in total. The van der Waals surface area contributed by atoms with Crippen LogP contribution < -0.4 is 10.6 Å². The molecule has 4 heteroatoms. The van der Waals surface area contributed by atoms with Gasteiger partial charge in [-0.05, 0) is 24.5 Å². The van der Waals surface area contributed by atoms with Crippen molar-refractivity contribution >= 4 is 17.5 Å². The standard InChI is InChI=1S/C15H16N2O2/c16-14(18)12-9-17(13-8-4-3-7-11(12)13)15(19)10-5-1-2-6-10/h1-4,7-8,10,12H,5-6,9H2,(H2,16,18)/t12-/m0/s1. The molecular weight excluding hydrogens is 240 g/mol. The summed E-state index contributed by atoms with van der Waals surface area (Å²) in [5.74, 6) is -0.636. The summed E-state index contributed by atoms with van der Waals surface area (Å²) in [7, 11) is 0. The minimum atomic E-state index is -0.380. The molecule has 1 aliphatic heterocycles. The Morgan fingerprint density at radius 3 is 2.53 bits per heavy atom. The van der Waals surface area contributed by atoms with Crippen molar-refractivity contribution in [3.05, 3.63) is 42.0 Å². The maximum atomic E-state index is 12.5. The molecule has 2 amide bonds. The van der Waals surface area contributed by atoms with Crippen LogP contribution >= 0.6 is 0 Å². The third-order valence-electron chi connectivity index (χ3n) is 3.93. The predicted molar refractivity (Wildman–Crippen MR) is 72.6 cm³/mol. The Labute approximate surface area is 111 Å². The summed E-state index contributed by atoms with van der Waals surface area (Å²) >= 11 is 0. The van der Waals surface area contributed by atoms with Gasteiger partial charge in [-0.1, -0.05) is 30.4 Å². The Morgan fingerprint density at radius 1 is 1.16 bits per heavy atom. The number of para-hydroxylation sites is 1. The van der Waals surface area contributed by atoms with E-state index in [1.165, 1.54) is 0 Å². The van der Waals surface area contributed by atoms with Crippen LogP contribution in [0.2, 0.25) is 0 Å². The van der Waals surface area contributed by atoms with E-state index in [4.69, 9.17) is 5.73 Å². The molecule has 0 radical (unpaired) electrons. The van der Waals surface area contributed by atoms with Crippen molar-refractivity contribution < 1.29 is 9.59 Å². The number of fused-ring (bicyclic) bond motifs is 1. The molecule has 0 spiro atoms. The summed E-state index contributed by atoms with van der Waals surface area (Å²) in [6, 6.07) is 7.53. The summed E-state index contributed by atoms with van der Waals surface area (Å²) in [6.45, 7) is 0.379. The van der Waals surface area contributed by atoms with E-state index >= 15 is 0 Å². The summed E-state index contributed by atoms with van der Waals surface area (Å²) in [4.78, 5) is 25.8. The maximum Gasteiger partial charge on any atom is 0.230 e. The van der Waals surface area contributed by atoms with Gasteiger partial charge in [-0.15, -0.1) is 0 Å². The second-order valence-electron chi connectivity index (χ2n) is 5.10. The van der Waals surface area contributed by atoms with Gasteiger partial charge in [-0.3, -0.25) is 9.59 Å². The zero-order chi connectivity index (χ0) is 13.4. The van der Waals surface area contributed by atoms with E-state index in [1.807, 2.05) is 36.4 Å². The Kier molecular flexibility index (Phi) is 2.85. The smallest absolute Gasteiger partial charge is 0.230 e. The van der Waals surface area contributed by atoms with Crippen LogP contribution in [-0.2, 0) is 9.59 Å². The van der Waals surface area contributed by atoms with Crippen LogP contribution in [0.15, 0.2) is 36.4 Å². The first-order chi connectivity index (χ1) is 9.18.